The summed E-state index contributed by atoms with van der Waals surface area (Å²) in [7, 11) is 1.65. The topological polar surface area (TPSA) is 30.5 Å². The fourth-order valence-electron chi connectivity index (χ4n) is 2.91. The van der Waals surface area contributed by atoms with Crippen molar-refractivity contribution in [3.8, 4) is 0 Å². The number of benzene rings is 1. The van der Waals surface area contributed by atoms with Gasteiger partial charge in [0.25, 0.3) is 0 Å². The first kappa shape index (κ1) is 16.3. The number of ether oxygens (including phenoxy) is 2. The fourth-order valence-corrected chi connectivity index (χ4v) is 2.91. The minimum atomic E-state index is -0.481. The summed E-state index contributed by atoms with van der Waals surface area (Å²) in [5, 5.41) is 3.31. The van der Waals surface area contributed by atoms with Gasteiger partial charge < -0.3 is 14.8 Å². The van der Waals surface area contributed by atoms with E-state index in [0.717, 1.165) is 6.42 Å². The van der Waals surface area contributed by atoms with Crippen molar-refractivity contribution in [1.29, 1.82) is 0 Å². The monoisotopic (exact) mass is 299 g/mol. The van der Waals surface area contributed by atoms with Crippen LogP contribution in [0.25, 0.3) is 0 Å². The molecule has 0 spiro atoms. The van der Waals surface area contributed by atoms with E-state index in [4.69, 9.17) is 9.47 Å². The van der Waals surface area contributed by atoms with Gasteiger partial charge in [-0.05, 0) is 31.9 Å². The average Bonchev–Trinajstić information content (AvgIpc) is 2.81. The molecule has 1 saturated heterocycles. The molecule has 5 heteroatoms. The summed E-state index contributed by atoms with van der Waals surface area (Å²) in [6.45, 7) is 4.59. The lowest BCUT2D eigenvalue weighted by atomic mass is 9.76. The zero-order valence-electron chi connectivity index (χ0n) is 12.6. The molecule has 1 N–H and O–H groups in total. The van der Waals surface area contributed by atoms with Crippen LogP contribution in [-0.4, -0.2) is 39.5 Å². The second-order valence-corrected chi connectivity index (χ2v) is 5.67. The van der Waals surface area contributed by atoms with Crippen LogP contribution in [-0.2, 0) is 15.9 Å². The number of halogens is 2. The molecule has 2 unspecified atom stereocenters. The number of hydrogen-bond acceptors (Lipinski definition) is 3. The normalized spacial score (nSPS) is 25.4. The number of rotatable bonds is 7. The van der Waals surface area contributed by atoms with Gasteiger partial charge >= 0.3 is 0 Å². The van der Waals surface area contributed by atoms with Gasteiger partial charge in [-0.15, -0.1) is 0 Å². The van der Waals surface area contributed by atoms with E-state index in [1.165, 1.54) is 18.2 Å². The Balaban J connectivity index is 2.13. The van der Waals surface area contributed by atoms with Crippen molar-refractivity contribution in [2.75, 3.05) is 33.4 Å². The van der Waals surface area contributed by atoms with E-state index < -0.39 is 11.6 Å². The van der Waals surface area contributed by atoms with Crippen molar-refractivity contribution in [2.45, 2.75) is 25.9 Å². The van der Waals surface area contributed by atoms with Gasteiger partial charge in [-0.2, -0.15) is 0 Å². The van der Waals surface area contributed by atoms with E-state index in [1.807, 2.05) is 6.92 Å². The summed E-state index contributed by atoms with van der Waals surface area (Å²) in [4.78, 5) is 0. The highest BCUT2D eigenvalue weighted by Crippen LogP contribution is 2.38. The Kier molecular flexibility index (Phi) is 5.67. The van der Waals surface area contributed by atoms with Gasteiger partial charge in [0.2, 0.25) is 0 Å². The van der Waals surface area contributed by atoms with Crippen molar-refractivity contribution in [2.24, 2.45) is 5.41 Å². The molecule has 3 nitrogen and oxygen atoms in total. The van der Waals surface area contributed by atoms with Crippen LogP contribution in [0.4, 0.5) is 8.78 Å². The van der Waals surface area contributed by atoms with E-state index in [0.29, 0.717) is 32.7 Å². The third kappa shape index (κ3) is 3.78. The van der Waals surface area contributed by atoms with Crippen molar-refractivity contribution >= 4 is 0 Å². The van der Waals surface area contributed by atoms with Crippen LogP contribution in [0.15, 0.2) is 18.2 Å². The molecule has 0 aliphatic carbocycles. The van der Waals surface area contributed by atoms with Crippen LogP contribution in [0, 0.1) is 17.0 Å². The summed E-state index contributed by atoms with van der Waals surface area (Å²) in [5.74, 6) is -0.962. The van der Waals surface area contributed by atoms with Gasteiger partial charge in [-0.1, -0.05) is 6.07 Å². The minimum absolute atomic E-state index is 0.0356. The zero-order chi connectivity index (χ0) is 15.3. The second kappa shape index (κ2) is 7.29. The van der Waals surface area contributed by atoms with Gasteiger partial charge in [-0.25, -0.2) is 8.78 Å². The number of nitrogens with one attached hydrogen (secondary N) is 1. The van der Waals surface area contributed by atoms with Crippen molar-refractivity contribution < 1.29 is 18.3 Å². The molecular weight excluding hydrogens is 276 g/mol. The molecule has 1 aromatic carbocycles. The predicted octanol–water partition coefficient (Wildman–Crippen LogP) is 2.54. The molecule has 0 aromatic heterocycles. The number of hydrogen-bond donors (Lipinski definition) is 1. The van der Waals surface area contributed by atoms with Crippen molar-refractivity contribution in [1.82, 2.24) is 5.32 Å². The van der Waals surface area contributed by atoms with Gasteiger partial charge in [0, 0.05) is 37.8 Å². The minimum Gasteiger partial charge on any atom is -0.383 e. The van der Waals surface area contributed by atoms with E-state index in [9.17, 15) is 8.78 Å². The Hall–Kier alpha value is -1.04. The fraction of sp³-hybridized carbons (Fsp3) is 0.625. The molecule has 0 bridgehead atoms. The SMILES string of the molecule is COCCNCC1(Cc2c(F)cccc2F)CCOC1C. The van der Waals surface area contributed by atoms with E-state index in [-0.39, 0.29) is 17.1 Å². The second-order valence-electron chi connectivity index (χ2n) is 5.67. The molecule has 1 aliphatic heterocycles. The van der Waals surface area contributed by atoms with Crippen molar-refractivity contribution in [3.63, 3.8) is 0 Å². The number of methoxy groups -OCH3 is 1. The quantitative estimate of drug-likeness (QED) is 0.785. The lowest BCUT2D eigenvalue weighted by Gasteiger charge is -2.33. The van der Waals surface area contributed by atoms with Gasteiger partial charge in [-0.3, -0.25) is 0 Å². The zero-order valence-corrected chi connectivity index (χ0v) is 12.6. The summed E-state index contributed by atoms with van der Waals surface area (Å²) >= 11 is 0. The van der Waals surface area contributed by atoms with Crippen LogP contribution < -0.4 is 5.32 Å². The van der Waals surface area contributed by atoms with Crippen LogP contribution in [0.1, 0.15) is 18.9 Å². The standard InChI is InChI=1S/C16H23F2NO2/c1-12-16(6-8-21-12,11-19-7-9-20-2)10-13-14(17)4-3-5-15(13)18/h3-5,12,19H,6-11H2,1-2H3. The molecule has 1 fully saturated rings. The molecule has 1 aromatic rings. The van der Waals surface area contributed by atoms with Crippen molar-refractivity contribution in [3.05, 3.63) is 35.4 Å². The highest BCUT2D eigenvalue weighted by Gasteiger charge is 2.42. The third-order valence-corrected chi connectivity index (χ3v) is 4.38. The molecule has 2 rings (SSSR count). The lowest BCUT2D eigenvalue weighted by Crippen LogP contribution is -2.42. The summed E-state index contributed by atoms with van der Waals surface area (Å²) in [6.07, 6.45) is 1.10. The molecule has 21 heavy (non-hydrogen) atoms. The molecule has 2 atom stereocenters. The van der Waals surface area contributed by atoms with Crippen LogP contribution in [0.5, 0.6) is 0 Å². The third-order valence-electron chi connectivity index (χ3n) is 4.38. The Morgan fingerprint density at radius 2 is 2.10 bits per heavy atom. The first-order valence-electron chi connectivity index (χ1n) is 7.33. The molecule has 0 amide bonds. The summed E-state index contributed by atoms with van der Waals surface area (Å²) in [5.41, 5.74) is -0.125. The molecule has 0 radical (unpaired) electrons. The predicted molar refractivity (Wildman–Crippen MR) is 77.3 cm³/mol. The highest BCUT2D eigenvalue weighted by molar-refractivity contribution is 5.22. The molecule has 1 aliphatic rings. The highest BCUT2D eigenvalue weighted by atomic mass is 19.1. The van der Waals surface area contributed by atoms with E-state index in [2.05, 4.69) is 5.32 Å². The van der Waals surface area contributed by atoms with E-state index in [1.54, 1.807) is 7.11 Å². The maximum absolute atomic E-state index is 13.9. The largest absolute Gasteiger partial charge is 0.383 e. The van der Waals surface area contributed by atoms with Crippen LogP contribution in [0.3, 0.4) is 0 Å². The lowest BCUT2D eigenvalue weighted by molar-refractivity contribution is 0.0611. The van der Waals surface area contributed by atoms with Crippen LogP contribution >= 0.6 is 0 Å². The average molecular weight is 299 g/mol. The first-order chi connectivity index (χ1) is 10.1. The molecule has 1 heterocycles. The smallest absolute Gasteiger partial charge is 0.129 e. The van der Waals surface area contributed by atoms with E-state index >= 15 is 0 Å². The Morgan fingerprint density at radius 3 is 2.67 bits per heavy atom. The maximum atomic E-state index is 13.9. The van der Waals surface area contributed by atoms with Gasteiger partial charge in [0.1, 0.15) is 11.6 Å². The first-order valence-corrected chi connectivity index (χ1v) is 7.33. The molecular formula is C16H23F2NO2. The Labute approximate surface area is 124 Å². The van der Waals surface area contributed by atoms with Gasteiger partial charge in [0.05, 0.1) is 12.7 Å². The molecule has 118 valence electrons. The van der Waals surface area contributed by atoms with Gasteiger partial charge in [0.15, 0.2) is 0 Å². The summed E-state index contributed by atoms with van der Waals surface area (Å²) in [6, 6.07) is 4.02. The maximum Gasteiger partial charge on any atom is 0.129 e. The van der Waals surface area contributed by atoms with Crippen LogP contribution in [0.2, 0.25) is 0 Å². The Bertz CT molecular complexity index is 449. The Morgan fingerprint density at radius 1 is 1.38 bits per heavy atom. The molecule has 0 saturated carbocycles. The summed E-state index contributed by atoms with van der Waals surface area (Å²) < 4.78 is 38.5.